The van der Waals surface area contributed by atoms with Gasteiger partial charge in [0.1, 0.15) is 0 Å². The number of ether oxygens (including phenoxy) is 1. The van der Waals surface area contributed by atoms with Crippen molar-refractivity contribution in [3.05, 3.63) is 64.6 Å². The number of methoxy groups -OCH3 is 1. The molecule has 0 aliphatic rings. The molecule has 0 unspecified atom stereocenters. The second-order valence-electron chi connectivity index (χ2n) is 5.34. The van der Waals surface area contributed by atoms with Crippen molar-refractivity contribution in [1.82, 2.24) is 9.97 Å². The third-order valence-corrected chi connectivity index (χ3v) is 4.34. The topological polar surface area (TPSA) is 84.1 Å². The smallest absolute Gasteiger partial charge is 0.251 e. The fourth-order valence-corrected chi connectivity index (χ4v) is 3.12. The van der Waals surface area contributed by atoms with Gasteiger partial charge in [0.15, 0.2) is 5.16 Å². The average molecular weight is 355 g/mol. The highest BCUT2D eigenvalue weighted by Crippen LogP contribution is 2.23. The summed E-state index contributed by atoms with van der Waals surface area (Å²) in [6, 6.07) is 15.0. The predicted octanol–water partition coefficient (Wildman–Crippen LogP) is 2.80. The second-order valence-corrected chi connectivity index (χ2v) is 6.30. The van der Waals surface area contributed by atoms with E-state index in [1.165, 1.54) is 24.9 Å². The Morgan fingerprint density at radius 3 is 2.88 bits per heavy atom. The van der Waals surface area contributed by atoms with Crippen LogP contribution in [0.1, 0.15) is 5.69 Å². The molecule has 0 saturated carbocycles. The number of carbonyl (C=O) groups is 1. The van der Waals surface area contributed by atoms with Crippen molar-refractivity contribution in [2.75, 3.05) is 18.2 Å². The molecule has 0 bridgehead atoms. The molecular weight excluding hydrogens is 338 g/mol. The molecule has 0 aliphatic carbocycles. The Balaban J connectivity index is 1.68. The first-order valence-corrected chi connectivity index (χ1v) is 8.64. The normalized spacial score (nSPS) is 10.8. The van der Waals surface area contributed by atoms with Crippen LogP contribution in [0, 0.1) is 0 Å². The lowest BCUT2D eigenvalue weighted by molar-refractivity contribution is -0.113. The highest BCUT2D eigenvalue weighted by atomic mass is 32.2. The van der Waals surface area contributed by atoms with Crippen molar-refractivity contribution < 1.29 is 9.53 Å². The molecule has 7 heteroatoms. The van der Waals surface area contributed by atoms with E-state index in [0.29, 0.717) is 10.9 Å². The standard InChI is InChI=1S/C18H17N3O3S/c1-24-10-13-9-16(22)21-18(19-13)25-11-17(23)20-15-8-4-6-12-5-2-3-7-14(12)15/h2-9H,10-11H2,1H3,(H,20,23)(H,19,21,22). The van der Waals surface area contributed by atoms with E-state index >= 15 is 0 Å². The largest absolute Gasteiger partial charge is 0.378 e. The molecule has 0 fully saturated rings. The van der Waals surface area contributed by atoms with E-state index in [1.807, 2.05) is 42.5 Å². The van der Waals surface area contributed by atoms with Crippen LogP contribution in [-0.4, -0.2) is 28.7 Å². The van der Waals surface area contributed by atoms with E-state index in [1.54, 1.807) is 0 Å². The molecule has 0 saturated heterocycles. The fraction of sp³-hybridized carbons (Fsp3) is 0.167. The summed E-state index contributed by atoms with van der Waals surface area (Å²) < 4.78 is 4.98. The molecule has 1 amide bonds. The van der Waals surface area contributed by atoms with Crippen LogP contribution in [0.5, 0.6) is 0 Å². The number of H-pyrrole nitrogens is 1. The number of anilines is 1. The van der Waals surface area contributed by atoms with Gasteiger partial charge in [0.25, 0.3) is 5.56 Å². The molecule has 3 aromatic rings. The molecule has 2 aromatic carbocycles. The molecule has 25 heavy (non-hydrogen) atoms. The summed E-state index contributed by atoms with van der Waals surface area (Å²) in [5, 5.41) is 5.35. The number of fused-ring (bicyclic) bond motifs is 1. The van der Waals surface area contributed by atoms with Gasteiger partial charge in [-0.1, -0.05) is 48.2 Å². The zero-order valence-electron chi connectivity index (χ0n) is 13.6. The molecule has 128 valence electrons. The summed E-state index contributed by atoms with van der Waals surface area (Å²) in [5.74, 6) is -0.0241. The number of thioether (sulfide) groups is 1. The Labute approximate surface area is 148 Å². The van der Waals surface area contributed by atoms with Gasteiger partial charge in [-0.25, -0.2) is 4.98 Å². The molecule has 0 aliphatic heterocycles. The monoisotopic (exact) mass is 355 g/mol. The molecule has 6 nitrogen and oxygen atoms in total. The van der Waals surface area contributed by atoms with E-state index in [-0.39, 0.29) is 23.8 Å². The van der Waals surface area contributed by atoms with Gasteiger partial charge in [-0.05, 0) is 11.5 Å². The Morgan fingerprint density at radius 1 is 1.24 bits per heavy atom. The van der Waals surface area contributed by atoms with Crippen LogP contribution in [0.25, 0.3) is 10.8 Å². The van der Waals surface area contributed by atoms with Gasteiger partial charge in [0.05, 0.1) is 18.1 Å². The number of aromatic amines is 1. The van der Waals surface area contributed by atoms with Crippen molar-refractivity contribution >= 4 is 34.1 Å². The van der Waals surface area contributed by atoms with E-state index < -0.39 is 0 Å². The van der Waals surface area contributed by atoms with E-state index in [4.69, 9.17) is 4.74 Å². The highest BCUT2D eigenvalue weighted by molar-refractivity contribution is 7.99. The van der Waals surface area contributed by atoms with Crippen molar-refractivity contribution in [3.63, 3.8) is 0 Å². The average Bonchev–Trinajstić information content (AvgIpc) is 2.60. The van der Waals surface area contributed by atoms with Gasteiger partial charge >= 0.3 is 0 Å². The minimum atomic E-state index is -0.265. The number of hydrogen-bond acceptors (Lipinski definition) is 5. The maximum Gasteiger partial charge on any atom is 0.251 e. The first kappa shape index (κ1) is 17.2. The van der Waals surface area contributed by atoms with Gasteiger partial charge in [-0.3, -0.25) is 9.59 Å². The lowest BCUT2D eigenvalue weighted by Gasteiger charge is -2.08. The fourth-order valence-electron chi connectivity index (χ4n) is 2.43. The zero-order chi connectivity index (χ0) is 17.6. The van der Waals surface area contributed by atoms with Crippen molar-refractivity contribution in [2.45, 2.75) is 11.8 Å². The number of amides is 1. The van der Waals surface area contributed by atoms with Crippen molar-refractivity contribution in [3.8, 4) is 0 Å². The first-order chi connectivity index (χ1) is 12.2. The van der Waals surface area contributed by atoms with E-state index in [2.05, 4.69) is 15.3 Å². The van der Waals surface area contributed by atoms with Crippen LogP contribution in [0.4, 0.5) is 5.69 Å². The minimum Gasteiger partial charge on any atom is -0.378 e. The molecule has 3 rings (SSSR count). The van der Waals surface area contributed by atoms with Gasteiger partial charge < -0.3 is 15.0 Å². The predicted molar refractivity (Wildman–Crippen MR) is 98.9 cm³/mol. The van der Waals surface area contributed by atoms with Crippen LogP contribution in [-0.2, 0) is 16.1 Å². The second kappa shape index (κ2) is 7.96. The minimum absolute atomic E-state index is 0.141. The molecular formula is C18H17N3O3S. The van der Waals surface area contributed by atoms with Crippen LogP contribution in [0.2, 0.25) is 0 Å². The van der Waals surface area contributed by atoms with E-state index in [9.17, 15) is 9.59 Å². The Kier molecular flexibility index (Phi) is 5.47. The summed E-state index contributed by atoms with van der Waals surface area (Å²) in [6.07, 6.45) is 0. The van der Waals surface area contributed by atoms with Crippen molar-refractivity contribution in [1.29, 1.82) is 0 Å². The van der Waals surface area contributed by atoms with Gasteiger partial charge in [-0.15, -0.1) is 0 Å². The molecule has 1 heterocycles. The molecule has 0 spiro atoms. The van der Waals surface area contributed by atoms with E-state index in [0.717, 1.165) is 16.5 Å². The Morgan fingerprint density at radius 2 is 2.04 bits per heavy atom. The van der Waals surface area contributed by atoms with Crippen LogP contribution in [0.3, 0.4) is 0 Å². The highest BCUT2D eigenvalue weighted by Gasteiger charge is 2.08. The first-order valence-electron chi connectivity index (χ1n) is 7.65. The maximum absolute atomic E-state index is 12.2. The third-order valence-electron chi connectivity index (χ3n) is 3.47. The summed E-state index contributed by atoms with van der Waals surface area (Å²) in [6.45, 7) is 0.250. The summed E-state index contributed by atoms with van der Waals surface area (Å²) in [4.78, 5) is 30.7. The SMILES string of the molecule is COCc1cc(=O)[nH]c(SCC(=O)Nc2cccc3ccccc23)n1. The number of nitrogens with one attached hydrogen (secondary N) is 2. The number of rotatable bonds is 6. The maximum atomic E-state index is 12.2. The number of aromatic nitrogens is 2. The van der Waals surface area contributed by atoms with Crippen LogP contribution >= 0.6 is 11.8 Å². The summed E-state index contributed by atoms with van der Waals surface area (Å²) in [5.41, 5.74) is 1.03. The number of nitrogens with zero attached hydrogens (tertiary/aromatic N) is 1. The number of hydrogen-bond donors (Lipinski definition) is 2. The number of benzene rings is 2. The lowest BCUT2D eigenvalue weighted by atomic mass is 10.1. The van der Waals surface area contributed by atoms with Crippen LogP contribution in [0.15, 0.2) is 58.5 Å². The summed E-state index contributed by atoms with van der Waals surface area (Å²) in [7, 11) is 1.54. The summed E-state index contributed by atoms with van der Waals surface area (Å²) >= 11 is 1.17. The Bertz CT molecular complexity index is 950. The molecule has 0 atom stereocenters. The van der Waals surface area contributed by atoms with Gasteiger partial charge in [0.2, 0.25) is 5.91 Å². The van der Waals surface area contributed by atoms with Gasteiger partial charge in [-0.2, -0.15) is 0 Å². The molecule has 0 radical (unpaired) electrons. The molecule has 2 N–H and O–H groups in total. The van der Waals surface area contributed by atoms with Gasteiger partial charge in [0, 0.05) is 24.2 Å². The molecule has 1 aromatic heterocycles. The number of carbonyl (C=O) groups excluding carboxylic acids is 1. The van der Waals surface area contributed by atoms with Crippen LogP contribution < -0.4 is 10.9 Å². The van der Waals surface area contributed by atoms with Crippen molar-refractivity contribution in [2.24, 2.45) is 0 Å². The third kappa shape index (κ3) is 4.46. The lowest BCUT2D eigenvalue weighted by Crippen LogP contribution is -2.16. The Hall–Kier alpha value is -2.64. The quantitative estimate of drug-likeness (QED) is 0.525. The zero-order valence-corrected chi connectivity index (χ0v) is 14.4.